The highest BCUT2D eigenvalue weighted by molar-refractivity contribution is 5.60. The zero-order valence-electron chi connectivity index (χ0n) is 14.1. The SMILES string of the molecule is Fc1ccc(CN2CC3OCc4c(-c5ccncc5)nnn4C3C2)cc1. The fourth-order valence-corrected chi connectivity index (χ4v) is 3.84. The quantitative estimate of drug-likeness (QED) is 0.725. The molecule has 0 aliphatic carbocycles. The van der Waals surface area contributed by atoms with Crippen LogP contribution in [0.2, 0.25) is 0 Å². The van der Waals surface area contributed by atoms with E-state index in [-0.39, 0.29) is 18.0 Å². The highest BCUT2D eigenvalue weighted by Crippen LogP contribution is 2.34. The summed E-state index contributed by atoms with van der Waals surface area (Å²) in [6.07, 6.45) is 3.62. The van der Waals surface area contributed by atoms with Gasteiger partial charge in [-0.25, -0.2) is 9.07 Å². The second-order valence-corrected chi connectivity index (χ2v) is 6.80. The van der Waals surface area contributed by atoms with E-state index in [4.69, 9.17) is 4.74 Å². The third-order valence-corrected chi connectivity index (χ3v) is 5.13. The summed E-state index contributed by atoms with van der Waals surface area (Å²) in [5.41, 5.74) is 3.98. The average molecular weight is 351 g/mol. The summed E-state index contributed by atoms with van der Waals surface area (Å²) in [7, 11) is 0. The molecule has 2 aromatic heterocycles. The molecule has 0 radical (unpaired) electrons. The average Bonchev–Trinajstić information content (AvgIpc) is 3.27. The van der Waals surface area contributed by atoms with E-state index in [9.17, 15) is 4.39 Å². The summed E-state index contributed by atoms with van der Waals surface area (Å²) < 4.78 is 21.2. The maximum Gasteiger partial charge on any atom is 0.123 e. The van der Waals surface area contributed by atoms with Crippen LogP contribution in [0.4, 0.5) is 4.39 Å². The van der Waals surface area contributed by atoms with Gasteiger partial charge < -0.3 is 4.74 Å². The zero-order valence-corrected chi connectivity index (χ0v) is 14.1. The lowest BCUT2D eigenvalue weighted by Gasteiger charge is -2.26. The number of fused-ring (bicyclic) bond motifs is 3. The number of ether oxygens (including phenoxy) is 1. The van der Waals surface area contributed by atoms with Gasteiger partial charge >= 0.3 is 0 Å². The highest BCUT2D eigenvalue weighted by atomic mass is 19.1. The Kier molecular flexibility index (Phi) is 3.76. The molecule has 7 heteroatoms. The Morgan fingerprint density at radius 2 is 1.88 bits per heavy atom. The van der Waals surface area contributed by atoms with Crippen molar-refractivity contribution in [3.05, 3.63) is 65.9 Å². The van der Waals surface area contributed by atoms with Crippen LogP contribution in [0.25, 0.3) is 11.3 Å². The summed E-state index contributed by atoms with van der Waals surface area (Å²) >= 11 is 0. The molecule has 26 heavy (non-hydrogen) atoms. The van der Waals surface area contributed by atoms with Crippen molar-refractivity contribution >= 4 is 0 Å². The highest BCUT2D eigenvalue weighted by Gasteiger charge is 2.40. The lowest BCUT2D eigenvalue weighted by molar-refractivity contribution is -0.00494. The summed E-state index contributed by atoms with van der Waals surface area (Å²) in [4.78, 5) is 6.38. The molecule has 0 spiro atoms. The van der Waals surface area contributed by atoms with Crippen LogP contribution in [0.15, 0.2) is 48.8 Å². The Morgan fingerprint density at radius 3 is 2.69 bits per heavy atom. The number of hydrogen-bond acceptors (Lipinski definition) is 5. The number of likely N-dealkylation sites (tertiary alicyclic amines) is 1. The largest absolute Gasteiger partial charge is 0.368 e. The van der Waals surface area contributed by atoms with Gasteiger partial charge in [-0.05, 0) is 29.8 Å². The van der Waals surface area contributed by atoms with Crippen LogP contribution in [0.1, 0.15) is 17.3 Å². The number of hydrogen-bond donors (Lipinski definition) is 0. The molecule has 0 saturated carbocycles. The Labute approximate surface area is 150 Å². The molecule has 1 aromatic carbocycles. The second kappa shape index (κ2) is 6.26. The molecule has 2 atom stereocenters. The molecule has 0 amide bonds. The topological polar surface area (TPSA) is 56.1 Å². The third-order valence-electron chi connectivity index (χ3n) is 5.13. The Bertz CT molecular complexity index is 911. The van der Waals surface area contributed by atoms with Crippen molar-refractivity contribution < 1.29 is 9.13 Å². The van der Waals surface area contributed by atoms with Gasteiger partial charge in [0.2, 0.25) is 0 Å². The van der Waals surface area contributed by atoms with E-state index < -0.39 is 0 Å². The van der Waals surface area contributed by atoms with Gasteiger partial charge in [-0.3, -0.25) is 9.88 Å². The van der Waals surface area contributed by atoms with Crippen LogP contribution < -0.4 is 0 Å². The summed E-state index contributed by atoms with van der Waals surface area (Å²) in [5, 5.41) is 8.81. The molecule has 2 unspecified atom stereocenters. The van der Waals surface area contributed by atoms with Crippen molar-refractivity contribution in [3.8, 4) is 11.3 Å². The molecule has 6 nitrogen and oxygen atoms in total. The van der Waals surface area contributed by atoms with Crippen molar-refractivity contribution in [1.82, 2.24) is 24.9 Å². The smallest absolute Gasteiger partial charge is 0.123 e. The minimum absolute atomic E-state index is 0.106. The van der Waals surface area contributed by atoms with E-state index in [0.29, 0.717) is 6.61 Å². The Balaban J connectivity index is 1.37. The van der Waals surface area contributed by atoms with Crippen molar-refractivity contribution in [2.45, 2.75) is 25.3 Å². The van der Waals surface area contributed by atoms with Gasteiger partial charge in [0.15, 0.2) is 0 Å². The molecule has 3 aromatic rings. The maximum atomic E-state index is 13.1. The molecule has 1 saturated heterocycles. The number of pyridine rings is 1. The monoisotopic (exact) mass is 351 g/mol. The molecular formula is C19H18FN5O. The molecule has 5 rings (SSSR count). The fourth-order valence-electron chi connectivity index (χ4n) is 3.84. The first-order valence-corrected chi connectivity index (χ1v) is 8.71. The molecule has 0 bridgehead atoms. The first-order valence-electron chi connectivity index (χ1n) is 8.71. The van der Waals surface area contributed by atoms with Crippen molar-refractivity contribution in [1.29, 1.82) is 0 Å². The lowest BCUT2D eigenvalue weighted by atomic mass is 10.1. The normalized spacial score (nSPS) is 22.2. The molecule has 1 fully saturated rings. The lowest BCUT2D eigenvalue weighted by Crippen LogP contribution is -2.32. The molecule has 4 heterocycles. The Morgan fingerprint density at radius 1 is 1.08 bits per heavy atom. The van der Waals surface area contributed by atoms with E-state index in [1.807, 2.05) is 28.9 Å². The number of nitrogens with zero attached hydrogens (tertiary/aromatic N) is 5. The van der Waals surface area contributed by atoms with Crippen molar-refractivity contribution in [3.63, 3.8) is 0 Å². The van der Waals surface area contributed by atoms with Crippen molar-refractivity contribution in [2.75, 3.05) is 13.1 Å². The maximum absolute atomic E-state index is 13.1. The van der Waals surface area contributed by atoms with Crippen molar-refractivity contribution in [2.24, 2.45) is 0 Å². The number of aromatic nitrogens is 4. The standard InChI is InChI=1S/C19H18FN5O/c20-15-3-1-13(2-4-15)9-24-10-16-18(11-24)26-12-17-19(22-23-25(16)17)14-5-7-21-8-6-14/h1-8,16,18H,9-12H2. The molecule has 2 aliphatic heterocycles. The minimum Gasteiger partial charge on any atom is -0.368 e. The van der Waals surface area contributed by atoms with Crippen LogP contribution in [0.5, 0.6) is 0 Å². The second-order valence-electron chi connectivity index (χ2n) is 6.80. The van der Waals surface area contributed by atoms with Crippen LogP contribution >= 0.6 is 0 Å². The predicted octanol–water partition coefficient (Wildman–Crippen LogP) is 2.43. The van der Waals surface area contributed by atoms with Gasteiger partial charge in [0.25, 0.3) is 0 Å². The van der Waals surface area contributed by atoms with Gasteiger partial charge in [-0.15, -0.1) is 5.10 Å². The first kappa shape index (κ1) is 15.6. The van der Waals surface area contributed by atoms with Gasteiger partial charge in [-0.1, -0.05) is 17.3 Å². The molecule has 0 N–H and O–H groups in total. The van der Waals surface area contributed by atoms with Gasteiger partial charge in [-0.2, -0.15) is 0 Å². The first-order chi connectivity index (χ1) is 12.8. The summed E-state index contributed by atoms with van der Waals surface area (Å²) in [5.74, 6) is -0.205. The number of rotatable bonds is 3. The Hall–Kier alpha value is -2.64. The van der Waals surface area contributed by atoms with E-state index >= 15 is 0 Å². The van der Waals surface area contributed by atoms with Crippen LogP contribution in [-0.4, -0.2) is 44.1 Å². The molecule has 132 valence electrons. The zero-order chi connectivity index (χ0) is 17.5. The number of benzene rings is 1. The van der Waals surface area contributed by atoms with E-state index in [2.05, 4.69) is 20.2 Å². The van der Waals surface area contributed by atoms with Crippen LogP contribution in [-0.2, 0) is 17.9 Å². The van der Waals surface area contributed by atoms with Gasteiger partial charge in [0.1, 0.15) is 11.5 Å². The number of halogens is 1. The molecular weight excluding hydrogens is 333 g/mol. The van der Waals surface area contributed by atoms with Gasteiger partial charge in [0, 0.05) is 37.6 Å². The third kappa shape index (κ3) is 2.69. The van der Waals surface area contributed by atoms with E-state index in [1.165, 1.54) is 12.1 Å². The van der Waals surface area contributed by atoms with Crippen LogP contribution in [0, 0.1) is 5.82 Å². The van der Waals surface area contributed by atoms with E-state index in [0.717, 1.165) is 42.1 Å². The summed E-state index contributed by atoms with van der Waals surface area (Å²) in [6.45, 7) is 2.97. The molecule has 2 aliphatic rings. The summed E-state index contributed by atoms with van der Waals surface area (Å²) in [6, 6.07) is 10.7. The van der Waals surface area contributed by atoms with Crippen LogP contribution in [0.3, 0.4) is 0 Å². The van der Waals surface area contributed by atoms with Gasteiger partial charge in [0.05, 0.1) is 24.4 Å². The fraction of sp³-hybridized carbons (Fsp3) is 0.316. The minimum atomic E-state index is -0.205. The van der Waals surface area contributed by atoms with E-state index in [1.54, 1.807) is 12.4 Å². The predicted molar refractivity (Wildman–Crippen MR) is 92.5 cm³/mol.